The molecule has 0 saturated carbocycles. The Morgan fingerprint density at radius 2 is 1.91 bits per heavy atom. The van der Waals surface area contributed by atoms with Gasteiger partial charge < -0.3 is 5.73 Å². The van der Waals surface area contributed by atoms with Gasteiger partial charge in [0, 0.05) is 5.92 Å². The molecule has 1 unspecified atom stereocenters. The number of benzene rings is 1. The fraction of sp³-hybridized carbons (Fsp3) is 0.200. The molecule has 0 fully saturated rings. The Bertz CT molecular complexity index is 226. The van der Waals surface area contributed by atoms with Crippen molar-refractivity contribution in [1.82, 2.24) is 0 Å². The van der Waals surface area contributed by atoms with Gasteiger partial charge in [-0.2, -0.15) is 0 Å². The minimum atomic E-state index is 0.418. The molecule has 1 nitrogen and oxygen atoms in total. The number of allylic oxidation sites excluding steroid dienone is 1. The van der Waals surface area contributed by atoms with E-state index in [4.69, 9.17) is 5.73 Å². The second-order valence-corrected chi connectivity index (χ2v) is 2.58. The Morgan fingerprint density at radius 1 is 1.27 bits per heavy atom. The Hall–Kier alpha value is -1.24. The molecule has 1 atom stereocenters. The molecule has 1 heteroatoms. The third-order valence-corrected chi connectivity index (χ3v) is 1.73. The van der Waals surface area contributed by atoms with Crippen LogP contribution in [0.5, 0.6) is 0 Å². The third kappa shape index (κ3) is 2.11. The molecule has 1 aromatic rings. The number of rotatable bonds is 2. The molecule has 1 aromatic carbocycles. The van der Waals surface area contributed by atoms with Gasteiger partial charge in [0.2, 0.25) is 0 Å². The van der Waals surface area contributed by atoms with E-state index in [2.05, 4.69) is 19.1 Å². The van der Waals surface area contributed by atoms with Crippen molar-refractivity contribution in [2.24, 2.45) is 5.73 Å². The summed E-state index contributed by atoms with van der Waals surface area (Å²) in [5.41, 5.74) is 6.59. The van der Waals surface area contributed by atoms with E-state index < -0.39 is 0 Å². The second kappa shape index (κ2) is 3.81. The molecule has 0 heterocycles. The van der Waals surface area contributed by atoms with Gasteiger partial charge in [-0.25, -0.2) is 0 Å². The number of hydrogen-bond donors (Lipinski definition) is 1. The van der Waals surface area contributed by atoms with Crippen molar-refractivity contribution in [3.63, 3.8) is 0 Å². The number of nitrogens with two attached hydrogens (primary N) is 1. The Labute approximate surface area is 67.5 Å². The molecule has 0 aliphatic rings. The zero-order valence-corrected chi connectivity index (χ0v) is 6.70. The lowest BCUT2D eigenvalue weighted by Crippen LogP contribution is -1.89. The highest BCUT2D eigenvalue weighted by atomic mass is 14.5. The van der Waals surface area contributed by atoms with E-state index in [-0.39, 0.29) is 0 Å². The van der Waals surface area contributed by atoms with Crippen molar-refractivity contribution >= 4 is 0 Å². The van der Waals surface area contributed by atoms with Crippen LogP contribution in [0.15, 0.2) is 42.6 Å². The zero-order chi connectivity index (χ0) is 8.10. The van der Waals surface area contributed by atoms with Crippen LogP contribution in [-0.2, 0) is 0 Å². The van der Waals surface area contributed by atoms with Gasteiger partial charge in [-0.05, 0) is 11.8 Å². The maximum absolute atomic E-state index is 5.29. The molecule has 0 aliphatic heterocycles. The highest BCUT2D eigenvalue weighted by Crippen LogP contribution is 2.14. The molecule has 0 aromatic heterocycles. The van der Waals surface area contributed by atoms with E-state index in [9.17, 15) is 0 Å². The first-order valence-electron chi connectivity index (χ1n) is 3.78. The quantitative estimate of drug-likeness (QED) is 0.682. The van der Waals surface area contributed by atoms with Crippen molar-refractivity contribution in [1.29, 1.82) is 0 Å². The maximum atomic E-state index is 5.29. The van der Waals surface area contributed by atoms with Gasteiger partial charge in [0.05, 0.1) is 0 Å². The summed E-state index contributed by atoms with van der Waals surface area (Å²) in [4.78, 5) is 0. The van der Waals surface area contributed by atoms with Crippen molar-refractivity contribution < 1.29 is 0 Å². The lowest BCUT2D eigenvalue weighted by molar-refractivity contribution is 0.963. The normalized spacial score (nSPS) is 13.5. The van der Waals surface area contributed by atoms with E-state index in [1.807, 2.05) is 24.3 Å². The summed E-state index contributed by atoms with van der Waals surface area (Å²) >= 11 is 0. The largest absolute Gasteiger partial charge is 0.405 e. The first-order chi connectivity index (χ1) is 5.34. The van der Waals surface area contributed by atoms with Crippen LogP contribution in [0, 0.1) is 0 Å². The van der Waals surface area contributed by atoms with Gasteiger partial charge in [-0.1, -0.05) is 43.3 Å². The summed E-state index contributed by atoms with van der Waals surface area (Å²) in [6.45, 7) is 2.12. The van der Waals surface area contributed by atoms with Crippen LogP contribution in [0.4, 0.5) is 0 Å². The standard InChI is InChI=1S/C10H13N/c1-9(7-8-11)10-5-3-2-4-6-10/h2-9H,11H2,1H3/b8-7-. The lowest BCUT2D eigenvalue weighted by atomic mass is 10.0. The molecule has 0 radical (unpaired) electrons. The van der Waals surface area contributed by atoms with Crippen LogP contribution < -0.4 is 5.73 Å². The monoisotopic (exact) mass is 147 g/mol. The topological polar surface area (TPSA) is 26.0 Å². The summed E-state index contributed by atoms with van der Waals surface area (Å²) in [7, 11) is 0. The fourth-order valence-electron chi connectivity index (χ4n) is 1.03. The highest BCUT2D eigenvalue weighted by Gasteiger charge is 1.97. The minimum Gasteiger partial charge on any atom is -0.405 e. The van der Waals surface area contributed by atoms with E-state index in [0.717, 1.165) is 0 Å². The van der Waals surface area contributed by atoms with Crippen molar-refractivity contribution in [3.8, 4) is 0 Å². The van der Waals surface area contributed by atoms with Gasteiger partial charge in [0.15, 0.2) is 0 Å². The molecule has 0 aliphatic carbocycles. The van der Waals surface area contributed by atoms with Gasteiger partial charge in [-0.3, -0.25) is 0 Å². The maximum Gasteiger partial charge on any atom is 0.000671 e. The van der Waals surface area contributed by atoms with E-state index in [1.54, 1.807) is 6.20 Å². The molecule has 1 rings (SSSR count). The summed E-state index contributed by atoms with van der Waals surface area (Å²) in [5.74, 6) is 0.418. The molecule has 11 heavy (non-hydrogen) atoms. The minimum absolute atomic E-state index is 0.418. The van der Waals surface area contributed by atoms with Crippen LogP contribution in [0.25, 0.3) is 0 Å². The summed E-state index contributed by atoms with van der Waals surface area (Å²) < 4.78 is 0. The number of hydrogen-bond acceptors (Lipinski definition) is 1. The molecule has 58 valence electrons. The van der Waals surface area contributed by atoms with Crippen LogP contribution in [0.2, 0.25) is 0 Å². The molecule has 0 amide bonds. The molecule has 0 saturated heterocycles. The molecule has 0 spiro atoms. The highest BCUT2D eigenvalue weighted by molar-refractivity contribution is 5.22. The molecule has 2 N–H and O–H groups in total. The molecule has 0 bridgehead atoms. The average Bonchev–Trinajstić information content (AvgIpc) is 2.07. The summed E-state index contributed by atoms with van der Waals surface area (Å²) in [6.07, 6.45) is 3.58. The lowest BCUT2D eigenvalue weighted by Gasteiger charge is -2.04. The van der Waals surface area contributed by atoms with Crippen LogP contribution in [0.3, 0.4) is 0 Å². The molecular weight excluding hydrogens is 134 g/mol. The van der Waals surface area contributed by atoms with Gasteiger partial charge >= 0.3 is 0 Å². The third-order valence-electron chi connectivity index (χ3n) is 1.73. The summed E-state index contributed by atoms with van der Waals surface area (Å²) in [5, 5.41) is 0. The van der Waals surface area contributed by atoms with Crippen molar-refractivity contribution in [3.05, 3.63) is 48.2 Å². The predicted octanol–water partition coefficient (Wildman–Crippen LogP) is 2.26. The van der Waals surface area contributed by atoms with E-state index in [1.165, 1.54) is 5.56 Å². The zero-order valence-electron chi connectivity index (χ0n) is 6.70. The fourth-order valence-corrected chi connectivity index (χ4v) is 1.03. The first-order valence-corrected chi connectivity index (χ1v) is 3.78. The molecular formula is C10H13N. The Kier molecular flexibility index (Phi) is 2.73. The van der Waals surface area contributed by atoms with Crippen molar-refractivity contribution in [2.45, 2.75) is 12.8 Å². The Balaban J connectivity index is 2.76. The van der Waals surface area contributed by atoms with Gasteiger partial charge in [0.25, 0.3) is 0 Å². The SMILES string of the molecule is CC(/C=C\N)c1ccccc1. The average molecular weight is 147 g/mol. The predicted molar refractivity (Wildman–Crippen MR) is 48.2 cm³/mol. The Morgan fingerprint density at radius 3 is 2.45 bits per heavy atom. The van der Waals surface area contributed by atoms with E-state index >= 15 is 0 Å². The van der Waals surface area contributed by atoms with Crippen LogP contribution in [-0.4, -0.2) is 0 Å². The van der Waals surface area contributed by atoms with Gasteiger partial charge in [-0.15, -0.1) is 0 Å². The van der Waals surface area contributed by atoms with Crippen LogP contribution >= 0.6 is 0 Å². The summed E-state index contributed by atoms with van der Waals surface area (Å²) in [6, 6.07) is 10.3. The smallest absolute Gasteiger partial charge is 0.000671 e. The van der Waals surface area contributed by atoms with Crippen molar-refractivity contribution in [2.75, 3.05) is 0 Å². The first kappa shape index (κ1) is 7.86. The van der Waals surface area contributed by atoms with Crippen LogP contribution in [0.1, 0.15) is 18.4 Å². The van der Waals surface area contributed by atoms with Gasteiger partial charge in [0.1, 0.15) is 0 Å². The second-order valence-electron chi connectivity index (χ2n) is 2.58. The van der Waals surface area contributed by atoms with E-state index in [0.29, 0.717) is 5.92 Å².